The molecule has 0 aromatic heterocycles. The highest BCUT2D eigenvalue weighted by Gasteiger charge is 2.35. The number of rotatable bonds is 7. The van der Waals surface area contributed by atoms with E-state index in [0.717, 1.165) is 33.8 Å². The van der Waals surface area contributed by atoms with Crippen LogP contribution in [0.3, 0.4) is 0 Å². The molecule has 0 radical (unpaired) electrons. The zero-order valence-electron chi connectivity index (χ0n) is 18.3. The lowest BCUT2D eigenvalue weighted by Gasteiger charge is -2.36. The van der Waals surface area contributed by atoms with Gasteiger partial charge in [0, 0.05) is 32.7 Å². The fourth-order valence-electron chi connectivity index (χ4n) is 3.56. The third kappa shape index (κ3) is 6.04. The van der Waals surface area contributed by atoms with Gasteiger partial charge in [0.05, 0.1) is 23.6 Å². The first kappa shape index (κ1) is 25.0. The van der Waals surface area contributed by atoms with Crippen molar-refractivity contribution in [2.45, 2.75) is 30.6 Å². The molecule has 2 aromatic carbocycles. The summed E-state index contributed by atoms with van der Waals surface area (Å²) in [6.07, 6.45) is -4.63. The van der Waals surface area contributed by atoms with Crippen molar-refractivity contribution in [3.05, 3.63) is 59.7 Å². The second-order valence-corrected chi connectivity index (χ2v) is 9.65. The van der Waals surface area contributed by atoms with Gasteiger partial charge in [0.2, 0.25) is 15.9 Å². The van der Waals surface area contributed by atoms with Crippen molar-refractivity contribution in [3.63, 3.8) is 0 Å². The zero-order chi connectivity index (χ0) is 24.2. The van der Waals surface area contributed by atoms with Gasteiger partial charge in [0.1, 0.15) is 5.75 Å². The van der Waals surface area contributed by atoms with Crippen LogP contribution in [0.5, 0.6) is 5.75 Å². The van der Waals surface area contributed by atoms with Gasteiger partial charge >= 0.3 is 6.18 Å². The Morgan fingerprint density at radius 3 is 2.30 bits per heavy atom. The van der Waals surface area contributed by atoms with Crippen LogP contribution in [-0.2, 0) is 27.5 Å². The van der Waals surface area contributed by atoms with Crippen LogP contribution in [0.4, 0.5) is 13.2 Å². The molecule has 0 bridgehead atoms. The molecule has 1 aliphatic rings. The molecule has 2 aromatic rings. The van der Waals surface area contributed by atoms with E-state index in [-0.39, 0.29) is 32.1 Å². The summed E-state index contributed by atoms with van der Waals surface area (Å²) >= 11 is 0. The monoisotopic (exact) mass is 485 g/mol. The molecule has 1 atom stereocenters. The summed E-state index contributed by atoms with van der Waals surface area (Å²) in [4.78, 5) is 14.0. The number of methoxy groups -OCH3 is 1. The largest absolute Gasteiger partial charge is 0.497 e. The number of nitrogens with one attached hydrogen (secondary N) is 1. The van der Waals surface area contributed by atoms with Gasteiger partial charge in [-0.2, -0.15) is 17.5 Å². The number of hydrogen-bond donors (Lipinski definition) is 1. The average molecular weight is 486 g/mol. The second kappa shape index (κ2) is 10.1. The molecular formula is C22H26F3N3O4S. The van der Waals surface area contributed by atoms with Crippen LogP contribution in [0.1, 0.15) is 18.1 Å². The number of hydrogen-bond acceptors (Lipinski definition) is 5. The van der Waals surface area contributed by atoms with Gasteiger partial charge in [-0.15, -0.1) is 0 Å². The summed E-state index contributed by atoms with van der Waals surface area (Å²) in [5, 5.41) is 2.86. The molecule has 1 amide bonds. The highest BCUT2D eigenvalue weighted by molar-refractivity contribution is 7.89. The molecule has 1 N–H and O–H groups in total. The summed E-state index contributed by atoms with van der Waals surface area (Å²) < 4.78 is 70.8. The summed E-state index contributed by atoms with van der Waals surface area (Å²) in [7, 11) is -2.50. The molecule has 0 aliphatic carbocycles. The Labute approximate surface area is 191 Å². The van der Waals surface area contributed by atoms with Crippen molar-refractivity contribution < 1.29 is 31.1 Å². The topological polar surface area (TPSA) is 79.0 Å². The Bertz CT molecular complexity index is 1070. The van der Waals surface area contributed by atoms with Crippen LogP contribution < -0.4 is 10.1 Å². The fraction of sp³-hybridized carbons (Fsp3) is 0.409. The molecule has 1 aliphatic heterocycles. The minimum Gasteiger partial charge on any atom is -0.497 e. The van der Waals surface area contributed by atoms with Gasteiger partial charge < -0.3 is 10.1 Å². The van der Waals surface area contributed by atoms with Crippen LogP contribution >= 0.6 is 0 Å². The Kier molecular flexibility index (Phi) is 7.65. The van der Waals surface area contributed by atoms with Gasteiger partial charge in [-0.3, -0.25) is 9.69 Å². The number of piperazine rings is 1. The molecule has 3 rings (SSSR count). The van der Waals surface area contributed by atoms with Crippen molar-refractivity contribution in [1.82, 2.24) is 14.5 Å². The van der Waals surface area contributed by atoms with Crippen LogP contribution in [0.15, 0.2) is 53.4 Å². The summed E-state index contributed by atoms with van der Waals surface area (Å²) in [6.45, 7) is 2.81. The number of amides is 1. The number of benzene rings is 2. The number of sulfonamides is 1. The Balaban J connectivity index is 1.56. The van der Waals surface area contributed by atoms with Gasteiger partial charge in [-0.1, -0.05) is 18.2 Å². The first-order valence-corrected chi connectivity index (χ1v) is 11.8. The average Bonchev–Trinajstić information content (AvgIpc) is 2.82. The minimum absolute atomic E-state index is 0.0781. The molecule has 33 heavy (non-hydrogen) atoms. The number of nitrogens with zero attached hydrogens (tertiary/aromatic N) is 2. The van der Waals surface area contributed by atoms with E-state index >= 15 is 0 Å². The first-order valence-electron chi connectivity index (χ1n) is 10.3. The highest BCUT2D eigenvalue weighted by atomic mass is 32.2. The molecule has 1 unspecified atom stereocenters. The predicted molar refractivity (Wildman–Crippen MR) is 116 cm³/mol. The van der Waals surface area contributed by atoms with Gasteiger partial charge in [-0.05, 0) is 42.8 Å². The van der Waals surface area contributed by atoms with Crippen LogP contribution in [0, 0.1) is 0 Å². The summed E-state index contributed by atoms with van der Waals surface area (Å²) in [5.41, 5.74) is -0.0993. The van der Waals surface area contributed by atoms with Crippen molar-refractivity contribution in [2.75, 3.05) is 33.3 Å². The maximum atomic E-state index is 13.0. The first-order chi connectivity index (χ1) is 15.5. The Morgan fingerprint density at radius 1 is 1.09 bits per heavy atom. The third-order valence-corrected chi connectivity index (χ3v) is 7.52. The molecule has 1 saturated heterocycles. The van der Waals surface area contributed by atoms with Crippen molar-refractivity contribution in [3.8, 4) is 5.75 Å². The minimum atomic E-state index is -4.63. The van der Waals surface area contributed by atoms with E-state index < -0.39 is 32.7 Å². The number of ether oxygens (including phenoxy) is 1. The van der Waals surface area contributed by atoms with Gasteiger partial charge in [-0.25, -0.2) is 8.42 Å². The maximum Gasteiger partial charge on any atom is 0.416 e. The van der Waals surface area contributed by atoms with E-state index in [0.29, 0.717) is 12.6 Å². The van der Waals surface area contributed by atoms with Gasteiger partial charge in [0.25, 0.3) is 0 Å². The van der Waals surface area contributed by atoms with Crippen molar-refractivity contribution in [1.29, 1.82) is 0 Å². The Hall–Kier alpha value is -2.63. The Morgan fingerprint density at radius 2 is 1.73 bits per heavy atom. The van der Waals surface area contributed by atoms with Crippen molar-refractivity contribution in [2.24, 2.45) is 0 Å². The summed E-state index contributed by atoms with van der Waals surface area (Å²) in [5.74, 6) is 0.524. The highest BCUT2D eigenvalue weighted by Crippen LogP contribution is 2.31. The van der Waals surface area contributed by atoms with Gasteiger partial charge in [0.15, 0.2) is 0 Å². The molecular weight excluding hydrogens is 459 g/mol. The summed E-state index contributed by atoms with van der Waals surface area (Å²) in [6, 6.07) is 10.5. The number of carbonyl (C=O) groups excluding carboxylic acids is 1. The van der Waals surface area contributed by atoms with Crippen LogP contribution in [0.25, 0.3) is 0 Å². The van der Waals surface area contributed by atoms with E-state index in [9.17, 15) is 26.4 Å². The van der Waals surface area contributed by atoms with E-state index in [1.165, 1.54) is 0 Å². The molecule has 0 spiro atoms. The smallest absolute Gasteiger partial charge is 0.416 e. The SMILES string of the molecule is COc1ccc(CNC(=O)C(C)N2CCN(S(=O)(=O)c3cccc(C(F)(F)F)c3)CC2)cc1. The molecule has 11 heteroatoms. The van der Waals surface area contributed by atoms with Crippen LogP contribution in [-0.4, -0.2) is 62.9 Å². The van der Waals surface area contributed by atoms with E-state index in [4.69, 9.17) is 4.74 Å². The molecule has 0 saturated carbocycles. The van der Waals surface area contributed by atoms with Crippen molar-refractivity contribution >= 4 is 15.9 Å². The third-order valence-electron chi connectivity index (χ3n) is 5.63. The number of carbonyl (C=O) groups is 1. The number of alkyl halides is 3. The zero-order valence-corrected chi connectivity index (χ0v) is 19.1. The lowest BCUT2D eigenvalue weighted by molar-refractivity contribution is -0.137. The molecule has 7 nitrogen and oxygen atoms in total. The normalized spacial score (nSPS) is 16.9. The predicted octanol–water partition coefficient (Wildman–Crippen LogP) is 2.73. The maximum absolute atomic E-state index is 13.0. The lowest BCUT2D eigenvalue weighted by atomic mass is 10.2. The second-order valence-electron chi connectivity index (χ2n) is 7.71. The fourth-order valence-corrected chi connectivity index (χ4v) is 5.03. The molecule has 1 fully saturated rings. The lowest BCUT2D eigenvalue weighted by Crippen LogP contribution is -2.54. The van der Waals surface area contributed by atoms with E-state index in [1.807, 2.05) is 17.0 Å². The number of halogens is 3. The van der Waals surface area contributed by atoms with E-state index in [2.05, 4.69) is 5.32 Å². The van der Waals surface area contributed by atoms with Crippen LogP contribution in [0.2, 0.25) is 0 Å². The standard InChI is InChI=1S/C22H26F3N3O4S/c1-16(21(29)26-15-17-6-8-19(32-2)9-7-17)27-10-12-28(13-11-27)33(30,31)20-5-3-4-18(14-20)22(23,24)25/h3-9,14,16H,10-13,15H2,1-2H3,(H,26,29). The van der Waals surface area contributed by atoms with E-state index in [1.54, 1.807) is 26.2 Å². The molecule has 180 valence electrons. The molecule has 1 heterocycles. The quantitative estimate of drug-likeness (QED) is 0.653.